The van der Waals surface area contributed by atoms with Gasteiger partial charge in [-0.3, -0.25) is 0 Å². The molecule has 0 spiro atoms. The zero-order valence-corrected chi connectivity index (χ0v) is 16.9. The minimum atomic E-state index is -5.04. The van der Waals surface area contributed by atoms with Gasteiger partial charge in [0.05, 0.1) is 0 Å². The van der Waals surface area contributed by atoms with Crippen molar-refractivity contribution in [3.8, 4) is 5.75 Å². The maximum Gasteiger partial charge on any atom is 0.573 e. The van der Waals surface area contributed by atoms with Crippen LogP contribution in [-0.4, -0.2) is 6.36 Å². The van der Waals surface area contributed by atoms with Crippen LogP contribution in [0, 0.1) is 29.4 Å². The van der Waals surface area contributed by atoms with Gasteiger partial charge in [0.15, 0.2) is 11.6 Å². The Morgan fingerprint density at radius 1 is 0.786 bits per heavy atom. The smallest absolute Gasteiger partial charge is 0.403 e. The van der Waals surface area contributed by atoms with Gasteiger partial charge in [-0.15, -0.1) is 13.2 Å². The third-order valence-electron chi connectivity index (χ3n) is 6.24. The van der Waals surface area contributed by atoms with Gasteiger partial charge >= 0.3 is 6.36 Å². The Morgan fingerprint density at radius 3 is 1.79 bits per heavy atom. The van der Waals surface area contributed by atoms with Crippen LogP contribution in [0.2, 0.25) is 0 Å². The minimum Gasteiger partial charge on any atom is -0.403 e. The standard InChI is InChI=1S/C20H25F5O.C2H6/c1-12-2-4-13(5-3-12)14-6-8-15(9-7-14)16-10-11-17(19(22)18(16)21)26-20(23,24)25;1-2/h10-15H,2-9H2,1H3;1-2H3. The van der Waals surface area contributed by atoms with Gasteiger partial charge < -0.3 is 4.74 Å². The topological polar surface area (TPSA) is 9.23 Å². The van der Waals surface area contributed by atoms with Crippen molar-refractivity contribution >= 4 is 0 Å². The Bertz CT molecular complexity index is 612. The molecule has 2 fully saturated rings. The zero-order chi connectivity index (χ0) is 20.9. The summed E-state index contributed by atoms with van der Waals surface area (Å²) in [6.07, 6.45) is 3.47. The molecular weight excluding hydrogens is 375 g/mol. The van der Waals surface area contributed by atoms with Crippen molar-refractivity contribution in [2.45, 2.75) is 84.4 Å². The maximum atomic E-state index is 14.3. The Hall–Kier alpha value is -1.33. The third-order valence-corrected chi connectivity index (χ3v) is 6.24. The predicted molar refractivity (Wildman–Crippen MR) is 100 cm³/mol. The van der Waals surface area contributed by atoms with Gasteiger partial charge in [-0.2, -0.15) is 4.39 Å². The van der Waals surface area contributed by atoms with E-state index in [4.69, 9.17) is 0 Å². The van der Waals surface area contributed by atoms with Gasteiger partial charge in [0, 0.05) is 0 Å². The van der Waals surface area contributed by atoms with Crippen LogP contribution in [0.5, 0.6) is 5.75 Å². The monoisotopic (exact) mass is 406 g/mol. The second-order valence-electron chi connectivity index (χ2n) is 7.96. The summed E-state index contributed by atoms with van der Waals surface area (Å²) in [6, 6.07) is 2.13. The van der Waals surface area contributed by atoms with E-state index in [0.29, 0.717) is 5.92 Å². The van der Waals surface area contributed by atoms with Crippen LogP contribution < -0.4 is 4.74 Å². The van der Waals surface area contributed by atoms with Gasteiger partial charge in [0.25, 0.3) is 0 Å². The first-order chi connectivity index (χ1) is 13.2. The summed E-state index contributed by atoms with van der Waals surface area (Å²) in [5.74, 6) is -1.83. The maximum absolute atomic E-state index is 14.3. The summed E-state index contributed by atoms with van der Waals surface area (Å²) in [5, 5.41) is 0. The zero-order valence-electron chi connectivity index (χ0n) is 16.9. The van der Waals surface area contributed by atoms with Crippen molar-refractivity contribution in [3.05, 3.63) is 29.3 Å². The van der Waals surface area contributed by atoms with E-state index in [-0.39, 0.29) is 11.5 Å². The van der Waals surface area contributed by atoms with Crippen LogP contribution in [0.4, 0.5) is 22.0 Å². The first kappa shape index (κ1) is 23.0. The van der Waals surface area contributed by atoms with E-state index >= 15 is 0 Å². The number of halogens is 5. The van der Waals surface area contributed by atoms with Gasteiger partial charge in [-0.1, -0.05) is 39.7 Å². The van der Waals surface area contributed by atoms with Crippen LogP contribution in [0.1, 0.15) is 83.6 Å². The van der Waals surface area contributed by atoms with E-state index in [0.717, 1.165) is 43.6 Å². The summed E-state index contributed by atoms with van der Waals surface area (Å²) in [7, 11) is 0. The molecule has 0 unspecified atom stereocenters. The second kappa shape index (κ2) is 9.93. The summed E-state index contributed by atoms with van der Waals surface area (Å²) < 4.78 is 68.5. The van der Waals surface area contributed by atoms with Gasteiger partial charge in [0.2, 0.25) is 5.82 Å². The number of rotatable bonds is 3. The fraction of sp³-hybridized carbons (Fsp3) is 0.727. The van der Waals surface area contributed by atoms with Crippen molar-refractivity contribution in [1.29, 1.82) is 0 Å². The molecule has 0 N–H and O–H groups in total. The summed E-state index contributed by atoms with van der Waals surface area (Å²) in [6.45, 7) is 6.29. The molecule has 0 amide bonds. The van der Waals surface area contributed by atoms with Gasteiger partial charge in [-0.05, 0) is 73.8 Å². The molecule has 1 nitrogen and oxygen atoms in total. The van der Waals surface area contributed by atoms with E-state index in [9.17, 15) is 22.0 Å². The van der Waals surface area contributed by atoms with Gasteiger partial charge in [0.1, 0.15) is 0 Å². The lowest BCUT2D eigenvalue weighted by molar-refractivity contribution is -0.275. The van der Waals surface area contributed by atoms with Crippen molar-refractivity contribution < 1.29 is 26.7 Å². The molecule has 1 aromatic carbocycles. The molecular formula is C22H31F5O. The largest absolute Gasteiger partial charge is 0.573 e. The Kier molecular flexibility index (Phi) is 8.14. The first-order valence-electron chi connectivity index (χ1n) is 10.5. The number of alkyl halides is 3. The Morgan fingerprint density at radius 2 is 1.29 bits per heavy atom. The SMILES string of the molecule is CC.CC1CCC(C2CCC(c3ccc(OC(F)(F)F)c(F)c3F)CC2)CC1. The molecule has 0 bridgehead atoms. The van der Waals surface area contributed by atoms with E-state index in [1.165, 1.54) is 31.7 Å². The molecule has 0 saturated heterocycles. The quantitative estimate of drug-likeness (QED) is 0.462. The highest BCUT2D eigenvalue weighted by Gasteiger charge is 2.35. The number of benzene rings is 1. The number of hydrogen-bond acceptors (Lipinski definition) is 1. The van der Waals surface area contributed by atoms with E-state index in [1.807, 2.05) is 13.8 Å². The summed E-state index contributed by atoms with van der Waals surface area (Å²) in [5.41, 5.74) is 0.174. The summed E-state index contributed by atoms with van der Waals surface area (Å²) in [4.78, 5) is 0. The molecule has 2 aliphatic carbocycles. The molecule has 160 valence electrons. The molecule has 0 aromatic heterocycles. The highest BCUT2D eigenvalue weighted by molar-refractivity contribution is 5.33. The average molecular weight is 406 g/mol. The van der Waals surface area contributed by atoms with E-state index in [1.54, 1.807) is 0 Å². The Labute approximate surface area is 164 Å². The van der Waals surface area contributed by atoms with Crippen molar-refractivity contribution in [3.63, 3.8) is 0 Å². The van der Waals surface area contributed by atoms with Crippen LogP contribution in [0.25, 0.3) is 0 Å². The fourth-order valence-electron chi connectivity index (χ4n) is 4.72. The lowest BCUT2D eigenvalue weighted by Crippen LogP contribution is -2.25. The van der Waals surface area contributed by atoms with Gasteiger partial charge in [-0.25, -0.2) is 4.39 Å². The molecule has 1 aromatic rings. The van der Waals surface area contributed by atoms with Crippen molar-refractivity contribution in [2.24, 2.45) is 17.8 Å². The van der Waals surface area contributed by atoms with E-state index < -0.39 is 23.7 Å². The number of hydrogen-bond donors (Lipinski definition) is 0. The van der Waals surface area contributed by atoms with E-state index in [2.05, 4.69) is 11.7 Å². The first-order valence-corrected chi connectivity index (χ1v) is 10.5. The fourth-order valence-corrected chi connectivity index (χ4v) is 4.72. The van der Waals surface area contributed by atoms with Crippen molar-refractivity contribution in [2.75, 3.05) is 0 Å². The second-order valence-corrected chi connectivity index (χ2v) is 7.96. The highest BCUT2D eigenvalue weighted by atomic mass is 19.4. The highest BCUT2D eigenvalue weighted by Crippen LogP contribution is 2.45. The van der Waals surface area contributed by atoms with Crippen LogP contribution in [0.15, 0.2) is 12.1 Å². The number of ether oxygens (including phenoxy) is 1. The molecule has 2 aliphatic rings. The lowest BCUT2D eigenvalue weighted by Gasteiger charge is -2.37. The van der Waals surface area contributed by atoms with Crippen LogP contribution in [-0.2, 0) is 0 Å². The summed E-state index contributed by atoms with van der Waals surface area (Å²) >= 11 is 0. The molecule has 0 heterocycles. The molecule has 0 atom stereocenters. The van der Waals surface area contributed by atoms with Crippen LogP contribution >= 0.6 is 0 Å². The average Bonchev–Trinajstić information content (AvgIpc) is 2.67. The third kappa shape index (κ3) is 5.84. The molecule has 3 rings (SSSR count). The molecule has 0 aliphatic heterocycles. The molecule has 0 radical (unpaired) electrons. The normalized spacial score (nSPS) is 28.3. The van der Waals surface area contributed by atoms with Crippen LogP contribution in [0.3, 0.4) is 0 Å². The Balaban J connectivity index is 0.00000136. The minimum absolute atomic E-state index is 0.136. The van der Waals surface area contributed by atoms with Crippen molar-refractivity contribution in [1.82, 2.24) is 0 Å². The lowest BCUT2D eigenvalue weighted by atomic mass is 9.68. The predicted octanol–water partition coefficient (Wildman–Crippen LogP) is 7.99. The molecule has 28 heavy (non-hydrogen) atoms. The molecule has 6 heteroatoms. The molecule has 2 saturated carbocycles.